The Hall–Kier alpha value is -1.79. The number of thiazole rings is 1. The molecule has 2 saturated carbocycles. The molecule has 0 radical (unpaired) electrons. The number of rotatable bonds is 7. The maximum absolute atomic E-state index is 13.1. The molecule has 2 aromatic rings. The number of benzene rings is 1. The SMILES string of the molecule is CC(=O)N(c1ccc(F)cc1)c1nc(CNC(C2CC2)C2CC2)cs1. The molecule has 1 aromatic heterocycles. The fraction of sp³-hybridized carbons (Fsp3) is 0.474. The number of amides is 1. The summed E-state index contributed by atoms with van der Waals surface area (Å²) in [6, 6.07) is 6.55. The highest BCUT2D eigenvalue weighted by molar-refractivity contribution is 7.14. The van der Waals surface area contributed by atoms with Gasteiger partial charge in [-0.25, -0.2) is 9.37 Å². The van der Waals surface area contributed by atoms with Crippen molar-refractivity contribution < 1.29 is 9.18 Å². The first-order valence-electron chi connectivity index (χ1n) is 8.86. The molecule has 4 nitrogen and oxygen atoms in total. The molecule has 0 aliphatic heterocycles. The van der Waals surface area contributed by atoms with E-state index >= 15 is 0 Å². The van der Waals surface area contributed by atoms with Crippen LogP contribution in [-0.4, -0.2) is 16.9 Å². The van der Waals surface area contributed by atoms with E-state index in [1.807, 2.05) is 5.38 Å². The van der Waals surface area contributed by atoms with Crippen molar-refractivity contribution in [2.75, 3.05) is 4.90 Å². The quantitative estimate of drug-likeness (QED) is 0.804. The number of hydrogen-bond donors (Lipinski definition) is 1. The van der Waals surface area contributed by atoms with E-state index in [1.165, 1.54) is 61.0 Å². The Morgan fingerprint density at radius 2 is 1.92 bits per heavy atom. The lowest BCUT2D eigenvalue weighted by Crippen LogP contribution is -2.32. The van der Waals surface area contributed by atoms with E-state index in [0.717, 1.165) is 24.1 Å². The number of carbonyl (C=O) groups excluding carboxylic acids is 1. The molecule has 6 heteroatoms. The van der Waals surface area contributed by atoms with E-state index < -0.39 is 0 Å². The van der Waals surface area contributed by atoms with Gasteiger partial charge in [0.15, 0.2) is 5.13 Å². The average Bonchev–Trinajstić information content (AvgIpc) is 3.50. The average molecular weight is 359 g/mol. The van der Waals surface area contributed by atoms with Crippen LogP contribution in [0.1, 0.15) is 38.3 Å². The van der Waals surface area contributed by atoms with Gasteiger partial charge in [-0.05, 0) is 61.8 Å². The monoisotopic (exact) mass is 359 g/mol. The molecule has 2 aliphatic carbocycles. The minimum absolute atomic E-state index is 0.130. The number of anilines is 2. The first kappa shape index (κ1) is 16.7. The van der Waals surface area contributed by atoms with Gasteiger partial charge in [-0.2, -0.15) is 0 Å². The first-order chi connectivity index (χ1) is 12.1. The number of halogens is 1. The van der Waals surface area contributed by atoms with Crippen molar-refractivity contribution in [3.05, 3.63) is 41.2 Å². The highest BCUT2D eigenvalue weighted by atomic mass is 32.1. The molecule has 132 valence electrons. The van der Waals surface area contributed by atoms with Gasteiger partial charge in [-0.1, -0.05) is 0 Å². The van der Waals surface area contributed by atoms with Gasteiger partial charge in [-0.15, -0.1) is 11.3 Å². The molecule has 2 aliphatic rings. The van der Waals surface area contributed by atoms with Crippen molar-refractivity contribution in [2.24, 2.45) is 11.8 Å². The van der Waals surface area contributed by atoms with Crippen molar-refractivity contribution in [3.63, 3.8) is 0 Å². The molecule has 4 rings (SSSR count). The third-order valence-corrected chi connectivity index (χ3v) is 5.78. The number of nitrogens with one attached hydrogen (secondary N) is 1. The van der Waals surface area contributed by atoms with E-state index in [0.29, 0.717) is 16.9 Å². The van der Waals surface area contributed by atoms with Crippen LogP contribution >= 0.6 is 11.3 Å². The van der Waals surface area contributed by atoms with E-state index in [1.54, 1.807) is 12.1 Å². The largest absolute Gasteiger partial charge is 0.308 e. The second-order valence-electron chi connectivity index (χ2n) is 7.03. The standard InChI is InChI=1S/C19H22FN3OS/c1-12(24)23(17-8-6-15(20)7-9-17)19-22-16(11-25-19)10-21-18(13-2-3-13)14-4-5-14/h6-9,11,13-14,18,21H,2-5,10H2,1H3. The van der Waals surface area contributed by atoms with Gasteiger partial charge in [0.05, 0.1) is 11.4 Å². The zero-order valence-electron chi connectivity index (χ0n) is 14.2. The van der Waals surface area contributed by atoms with Gasteiger partial charge in [0.1, 0.15) is 5.82 Å². The normalized spacial score (nSPS) is 17.1. The highest BCUT2D eigenvalue weighted by Crippen LogP contribution is 2.44. The number of hydrogen-bond acceptors (Lipinski definition) is 4. The van der Waals surface area contributed by atoms with Gasteiger partial charge >= 0.3 is 0 Å². The zero-order chi connectivity index (χ0) is 17.4. The number of carbonyl (C=O) groups is 1. The maximum atomic E-state index is 13.1. The molecule has 1 amide bonds. The molecule has 2 fully saturated rings. The lowest BCUT2D eigenvalue weighted by molar-refractivity contribution is -0.115. The predicted molar refractivity (Wildman–Crippen MR) is 97.4 cm³/mol. The van der Waals surface area contributed by atoms with Gasteiger partial charge in [0.2, 0.25) is 5.91 Å². The molecule has 0 atom stereocenters. The molecule has 1 heterocycles. The summed E-state index contributed by atoms with van der Waals surface area (Å²) in [4.78, 5) is 18.2. The summed E-state index contributed by atoms with van der Waals surface area (Å²) in [5.41, 5.74) is 1.59. The van der Waals surface area contributed by atoms with Crippen molar-refractivity contribution in [3.8, 4) is 0 Å². The van der Waals surface area contributed by atoms with Gasteiger partial charge in [-0.3, -0.25) is 9.69 Å². The van der Waals surface area contributed by atoms with Crippen LogP contribution in [0.5, 0.6) is 0 Å². The topological polar surface area (TPSA) is 45.2 Å². The molecular weight excluding hydrogens is 337 g/mol. The highest BCUT2D eigenvalue weighted by Gasteiger charge is 2.41. The van der Waals surface area contributed by atoms with Crippen LogP contribution in [0.3, 0.4) is 0 Å². The summed E-state index contributed by atoms with van der Waals surface area (Å²) in [6.45, 7) is 2.24. The number of aromatic nitrogens is 1. The third kappa shape index (κ3) is 3.90. The van der Waals surface area contributed by atoms with Crippen molar-refractivity contribution in [1.29, 1.82) is 0 Å². The Kier molecular flexibility index (Phi) is 4.56. The summed E-state index contributed by atoms with van der Waals surface area (Å²) < 4.78 is 13.1. The molecule has 0 spiro atoms. The second-order valence-corrected chi connectivity index (χ2v) is 7.87. The Morgan fingerprint density at radius 3 is 2.48 bits per heavy atom. The first-order valence-corrected chi connectivity index (χ1v) is 9.74. The minimum Gasteiger partial charge on any atom is -0.308 e. The van der Waals surface area contributed by atoms with Crippen LogP contribution in [0.15, 0.2) is 29.6 Å². The number of nitrogens with zero attached hydrogens (tertiary/aromatic N) is 2. The molecule has 0 unspecified atom stereocenters. The van der Waals surface area contributed by atoms with Crippen LogP contribution in [0, 0.1) is 17.7 Å². The Morgan fingerprint density at radius 1 is 1.28 bits per heavy atom. The minimum atomic E-state index is -0.317. The van der Waals surface area contributed by atoms with Crippen LogP contribution in [0.2, 0.25) is 0 Å². The summed E-state index contributed by atoms with van der Waals surface area (Å²) in [5, 5.41) is 6.31. The summed E-state index contributed by atoms with van der Waals surface area (Å²) in [5.74, 6) is 1.24. The Balaban J connectivity index is 1.46. The predicted octanol–water partition coefficient (Wildman–Crippen LogP) is 4.25. The smallest absolute Gasteiger partial charge is 0.230 e. The molecule has 1 N–H and O–H groups in total. The van der Waals surface area contributed by atoms with Gasteiger partial charge in [0.25, 0.3) is 0 Å². The van der Waals surface area contributed by atoms with E-state index in [2.05, 4.69) is 10.3 Å². The zero-order valence-corrected chi connectivity index (χ0v) is 15.1. The molecular formula is C19H22FN3OS. The fourth-order valence-corrected chi connectivity index (χ4v) is 4.24. The van der Waals surface area contributed by atoms with Crippen molar-refractivity contribution in [1.82, 2.24) is 10.3 Å². The lowest BCUT2D eigenvalue weighted by atomic mass is 10.1. The van der Waals surface area contributed by atoms with Gasteiger partial charge in [0, 0.05) is 24.9 Å². The Labute approximate surface area is 151 Å². The van der Waals surface area contributed by atoms with Crippen molar-refractivity contribution >= 4 is 28.1 Å². The van der Waals surface area contributed by atoms with Crippen LogP contribution in [0.25, 0.3) is 0 Å². The van der Waals surface area contributed by atoms with E-state index in [9.17, 15) is 9.18 Å². The van der Waals surface area contributed by atoms with E-state index in [-0.39, 0.29) is 11.7 Å². The molecule has 0 saturated heterocycles. The summed E-state index contributed by atoms with van der Waals surface area (Å²) in [7, 11) is 0. The fourth-order valence-electron chi connectivity index (χ4n) is 3.35. The molecule has 0 bridgehead atoms. The van der Waals surface area contributed by atoms with Crippen LogP contribution in [0.4, 0.5) is 15.2 Å². The second kappa shape index (κ2) is 6.84. The Bertz CT molecular complexity index is 740. The molecule has 25 heavy (non-hydrogen) atoms. The molecule has 1 aromatic carbocycles. The summed E-state index contributed by atoms with van der Waals surface area (Å²) >= 11 is 1.44. The van der Waals surface area contributed by atoms with Crippen LogP contribution in [-0.2, 0) is 11.3 Å². The van der Waals surface area contributed by atoms with E-state index in [4.69, 9.17) is 0 Å². The van der Waals surface area contributed by atoms with Crippen LogP contribution < -0.4 is 10.2 Å². The van der Waals surface area contributed by atoms with Gasteiger partial charge < -0.3 is 5.32 Å². The third-order valence-electron chi connectivity index (χ3n) is 4.91. The maximum Gasteiger partial charge on any atom is 0.230 e. The van der Waals surface area contributed by atoms with Crippen molar-refractivity contribution in [2.45, 2.75) is 45.2 Å². The lowest BCUT2D eigenvalue weighted by Gasteiger charge is -2.18. The summed E-state index contributed by atoms with van der Waals surface area (Å²) in [6.07, 6.45) is 5.39.